The van der Waals surface area contributed by atoms with Gasteiger partial charge < -0.3 is 11.1 Å². The first kappa shape index (κ1) is 11.9. The van der Waals surface area contributed by atoms with Crippen LogP contribution in [0.25, 0.3) is 0 Å². The molecule has 0 amide bonds. The molecule has 74 valence electrons. The molecule has 0 fully saturated rings. The lowest BCUT2D eigenvalue weighted by molar-refractivity contribution is 0.336. The van der Waals surface area contributed by atoms with Crippen molar-refractivity contribution in [3.63, 3.8) is 0 Å². The molecule has 0 aromatic rings. The first-order valence-electron chi connectivity index (χ1n) is 4.89. The van der Waals surface area contributed by atoms with Crippen LogP contribution in [0.3, 0.4) is 0 Å². The van der Waals surface area contributed by atoms with Crippen molar-refractivity contribution in [2.45, 2.75) is 34.1 Å². The van der Waals surface area contributed by atoms with Crippen molar-refractivity contribution in [3.05, 3.63) is 0 Å². The van der Waals surface area contributed by atoms with E-state index in [0.29, 0.717) is 5.41 Å². The minimum absolute atomic E-state index is 0.296. The van der Waals surface area contributed by atoms with Gasteiger partial charge in [-0.3, -0.25) is 0 Å². The van der Waals surface area contributed by atoms with Crippen LogP contribution in [0.5, 0.6) is 0 Å². The third-order valence-corrected chi connectivity index (χ3v) is 2.08. The summed E-state index contributed by atoms with van der Waals surface area (Å²) in [6, 6.07) is 0. The smallest absolute Gasteiger partial charge is 0.00253 e. The molecule has 12 heavy (non-hydrogen) atoms. The molecule has 0 aliphatic carbocycles. The van der Waals surface area contributed by atoms with Crippen molar-refractivity contribution < 1.29 is 0 Å². The Bertz CT molecular complexity index is 108. The quantitative estimate of drug-likeness (QED) is 0.597. The van der Waals surface area contributed by atoms with Crippen molar-refractivity contribution >= 4 is 0 Å². The first-order chi connectivity index (χ1) is 5.48. The summed E-state index contributed by atoms with van der Waals surface area (Å²) in [6.07, 6.45) is 1.16. The van der Waals surface area contributed by atoms with Crippen LogP contribution in [-0.4, -0.2) is 19.6 Å². The van der Waals surface area contributed by atoms with Crippen molar-refractivity contribution in [2.75, 3.05) is 19.6 Å². The molecule has 0 radical (unpaired) electrons. The van der Waals surface area contributed by atoms with E-state index in [0.717, 1.165) is 32.0 Å². The monoisotopic (exact) mass is 172 g/mol. The Kier molecular flexibility index (Phi) is 5.51. The van der Waals surface area contributed by atoms with Gasteiger partial charge in [-0.25, -0.2) is 0 Å². The van der Waals surface area contributed by atoms with E-state index in [1.165, 1.54) is 0 Å². The van der Waals surface area contributed by atoms with Gasteiger partial charge in [-0.1, -0.05) is 27.7 Å². The molecule has 0 aliphatic heterocycles. The van der Waals surface area contributed by atoms with Crippen molar-refractivity contribution in [2.24, 2.45) is 17.1 Å². The van der Waals surface area contributed by atoms with E-state index in [9.17, 15) is 0 Å². The molecule has 0 rings (SSSR count). The molecule has 2 nitrogen and oxygen atoms in total. The van der Waals surface area contributed by atoms with E-state index in [-0.39, 0.29) is 0 Å². The van der Waals surface area contributed by atoms with Crippen molar-refractivity contribution in [1.82, 2.24) is 5.32 Å². The molecule has 0 spiro atoms. The van der Waals surface area contributed by atoms with Crippen LogP contribution in [-0.2, 0) is 0 Å². The van der Waals surface area contributed by atoms with Gasteiger partial charge in [0, 0.05) is 0 Å². The summed E-state index contributed by atoms with van der Waals surface area (Å²) in [5.74, 6) is 0.742. The second-order valence-electron chi connectivity index (χ2n) is 4.72. The molecule has 2 heteroatoms. The van der Waals surface area contributed by atoms with Gasteiger partial charge in [-0.15, -0.1) is 0 Å². The highest BCUT2D eigenvalue weighted by atomic mass is 14.9. The third-order valence-electron chi connectivity index (χ3n) is 2.08. The van der Waals surface area contributed by atoms with Crippen LogP contribution in [0.4, 0.5) is 0 Å². The Morgan fingerprint density at radius 2 is 1.92 bits per heavy atom. The summed E-state index contributed by atoms with van der Waals surface area (Å²) < 4.78 is 0. The van der Waals surface area contributed by atoms with Gasteiger partial charge >= 0.3 is 0 Å². The van der Waals surface area contributed by atoms with E-state index < -0.39 is 0 Å². The zero-order chi connectivity index (χ0) is 9.61. The summed E-state index contributed by atoms with van der Waals surface area (Å²) in [7, 11) is 0. The van der Waals surface area contributed by atoms with Gasteiger partial charge in [0.05, 0.1) is 0 Å². The van der Waals surface area contributed by atoms with Crippen LogP contribution in [0.2, 0.25) is 0 Å². The zero-order valence-corrected chi connectivity index (χ0v) is 8.98. The Morgan fingerprint density at radius 3 is 2.33 bits per heavy atom. The van der Waals surface area contributed by atoms with Gasteiger partial charge in [0.15, 0.2) is 0 Å². The van der Waals surface area contributed by atoms with E-state index in [2.05, 4.69) is 33.0 Å². The Labute approximate surface area is 76.9 Å². The Morgan fingerprint density at radius 1 is 1.33 bits per heavy atom. The van der Waals surface area contributed by atoms with Crippen LogP contribution < -0.4 is 11.1 Å². The van der Waals surface area contributed by atoms with Crippen LogP contribution in [0, 0.1) is 11.3 Å². The molecule has 0 aliphatic rings. The Balaban J connectivity index is 3.31. The molecule has 3 N–H and O–H groups in total. The Hall–Kier alpha value is -0.0800. The summed E-state index contributed by atoms with van der Waals surface area (Å²) in [4.78, 5) is 0. The fourth-order valence-electron chi connectivity index (χ4n) is 0.920. The van der Waals surface area contributed by atoms with Crippen LogP contribution in [0.15, 0.2) is 0 Å². The van der Waals surface area contributed by atoms with Gasteiger partial charge in [-0.05, 0) is 37.4 Å². The molecule has 0 unspecified atom stereocenters. The van der Waals surface area contributed by atoms with Crippen LogP contribution >= 0.6 is 0 Å². The zero-order valence-electron chi connectivity index (χ0n) is 8.98. The van der Waals surface area contributed by atoms with Crippen LogP contribution in [0.1, 0.15) is 34.1 Å². The second kappa shape index (κ2) is 5.55. The van der Waals surface area contributed by atoms with Gasteiger partial charge in [-0.2, -0.15) is 0 Å². The molecule has 0 saturated heterocycles. The molecular formula is C10H24N2. The minimum atomic E-state index is 0.296. The fraction of sp³-hybridized carbons (Fsp3) is 1.00. The SMILES string of the molecule is CC(C)CNCCC(C)(C)CN. The number of nitrogens with two attached hydrogens (primary N) is 1. The molecule has 0 saturated carbocycles. The molecular weight excluding hydrogens is 148 g/mol. The average molecular weight is 172 g/mol. The van der Waals surface area contributed by atoms with E-state index in [1.54, 1.807) is 0 Å². The lowest BCUT2D eigenvalue weighted by Gasteiger charge is -2.22. The average Bonchev–Trinajstić information content (AvgIpc) is 1.98. The van der Waals surface area contributed by atoms with Crippen molar-refractivity contribution in [3.8, 4) is 0 Å². The summed E-state index contributed by atoms with van der Waals surface area (Å²) >= 11 is 0. The summed E-state index contributed by atoms with van der Waals surface area (Å²) in [5, 5.41) is 3.42. The van der Waals surface area contributed by atoms with Gasteiger partial charge in [0.2, 0.25) is 0 Å². The standard InChI is InChI=1S/C10H24N2/c1-9(2)7-12-6-5-10(3,4)8-11/h9,12H,5-8,11H2,1-4H3. The largest absolute Gasteiger partial charge is 0.330 e. The predicted octanol–water partition coefficient (Wildman–Crippen LogP) is 1.61. The maximum Gasteiger partial charge on any atom is -0.00253 e. The predicted molar refractivity (Wildman–Crippen MR) is 55.2 cm³/mol. The fourth-order valence-corrected chi connectivity index (χ4v) is 0.920. The maximum absolute atomic E-state index is 5.62. The lowest BCUT2D eigenvalue weighted by atomic mass is 9.90. The van der Waals surface area contributed by atoms with E-state index >= 15 is 0 Å². The molecule has 0 atom stereocenters. The molecule has 0 heterocycles. The van der Waals surface area contributed by atoms with Gasteiger partial charge in [0.25, 0.3) is 0 Å². The lowest BCUT2D eigenvalue weighted by Crippen LogP contribution is -2.30. The number of hydrogen-bond acceptors (Lipinski definition) is 2. The maximum atomic E-state index is 5.62. The topological polar surface area (TPSA) is 38.0 Å². The normalized spacial score (nSPS) is 12.5. The van der Waals surface area contributed by atoms with E-state index in [4.69, 9.17) is 5.73 Å². The minimum Gasteiger partial charge on any atom is -0.330 e. The molecule has 0 bridgehead atoms. The summed E-state index contributed by atoms with van der Waals surface area (Å²) in [5.41, 5.74) is 5.92. The number of nitrogens with one attached hydrogen (secondary N) is 1. The third kappa shape index (κ3) is 6.62. The molecule has 0 aromatic heterocycles. The van der Waals surface area contributed by atoms with Gasteiger partial charge in [0.1, 0.15) is 0 Å². The summed E-state index contributed by atoms with van der Waals surface area (Å²) in [6.45, 7) is 11.8. The second-order valence-corrected chi connectivity index (χ2v) is 4.72. The highest BCUT2D eigenvalue weighted by Crippen LogP contribution is 2.16. The van der Waals surface area contributed by atoms with E-state index in [1.807, 2.05) is 0 Å². The highest BCUT2D eigenvalue weighted by molar-refractivity contribution is 4.70. The first-order valence-corrected chi connectivity index (χ1v) is 4.89. The number of hydrogen-bond donors (Lipinski definition) is 2. The van der Waals surface area contributed by atoms with Crippen molar-refractivity contribution in [1.29, 1.82) is 0 Å². The molecule has 0 aromatic carbocycles. The highest BCUT2D eigenvalue weighted by Gasteiger charge is 2.14. The number of rotatable bonds is 6.